The molecule has 0 radical (unpaired) electrons. The third-order valence-corrected chi connectivity index (χ3v) is 4.03. The van der Waals surface area contributed by atoms with Gasteiger partial charge in [-0.05, 0) is 24.3 Å². The van der Waals surface area contributed by atoms with Gasteiger partial charge in [0, 0.05) is 11.1 Å². The number of hydrogen-bond acceptors (Lipinski definition) is 4. The minimum Gasteiger partial charge on any atom is -0.208 e. The van der Waals surface area contributed by atoms with Gasteiger partial charge in [-0.1, -0.05) is 54.6 Å². The largest absolute Gasteiger partial charge is 0.208 e. The zero-order valence-electron chi connectivity index (χ0n) is 14.2. The van der Waals surface area contributed by atoms with E-state index in [2.05, 4.69) is 21.0 Å². The highest BCUT2D eigenvalue weighted by molar-refractivity contribution is 5.67. The zero-order valence-corrected chi connectivity index (χ0v) is 14.2. The highest BCUT2D eigenvalue weighted by Crippen LogP contribution is 2.26. The Morgan fingerprint density at radius 2 is 1.30 bits per heavy atom. The van der Waals surface area contributed by atoms with Crippen molar-refractivity contribution in [2.24, 2.45) is 0 Å². The van der Waals surface area contributed by atoms with Crippen molar-refractivity contribution in [1.29, 1.82) is 5.26 Å². The Bertz CT molecular complexity index is 1150. The van der Waals surface area contributed by atoms with Crippen molar-refractivity contribution < 1.29 is 4.39 Å². The molecule has 0 unspecified atom stereocenters. The fourth-order valence-corrected chi connectivity index (χ4v) is 2.71. The highest BCUT2D eigenvalue weighted by atomic mass is 19.1. The molecule has 0 saturated heterocycles. The van der Waals surface area contributed by atoms with Gasteiger partial charge >= 0.3 is 0 Å². The molecule has 0 saturated carbocycles. The molecule has 0 atom stereocenters. The molecule has 3 aromatic carbocycles. The summed E-state index contributed by atoms with van der Waals surface area (Å²) in [5.41, 5.74) is 2.28. The summed E-state index contributed by atoms with van der Waals surface area (Å²) in [5.74, 6) is 0.680. The molecule has 0 bridgehead atoms. The second-order valence-electron chi connectivity index (χ2n) is 5.84. The van der Waals surface area contributed by atoms with Gasteiger partial charge in [0.25, 0.3) is 0 Å². The number of hydrogen-bond donors (Lipinski definition) is 0. The normalized spacial score (nSPS) is 10.4. The van der Waals surface area contributed by atoms with Crippen LogP contribution in [0.3, 0.4) is 0 Å². The zero-order chi connectivity index (χ0) is 18.6. The van der Waals surface area contributed by atoms with Crippen LogP contribution in [0.2, 0.25) is 0 Å². The van der Waals surface area contributed by atoms with E-state index in [4.69, 9.17) is 5.26 Å². The van der Waals surface area contributed by atoms with Gasteiger partial charge in [-0.2, -0.15) is 5.26 Å². The highest BCUT2D eigenvalue weighted by Gasteiger charge is 2.14. The van der Waals surface area contributed by atoms with E-state index in [1.54, 1.807) is 36.4 Å². The third kappa shape index (κ3) is 3.42. The van der Waals surface area contributed by atoms with Crippen LogP contribution in [0, 0.1) is 17.1 Å². The van der Waals surface area contributed by atoms with Crippen molar-refractivity contribution in [3.05, 3.63) is 90.2 Å². The topological polar surface area (TPSA) is 62.5 Å². The van der Waals surface area contributed by atoms with Crippen molar-refractivity contribution in [3.63, 3.8) is 0 Å². The van der Waals surface area contributed by atoms with Crippen LogP contribution in [0.15, 0.2) is 78.9 Å². The Balaban J connectivity index is 1.95. The second kappa shape index (κ2) is 7.14. The molecule has 0 aliphatic rings. The molecule has 0 N–H and O–H groups in total. The molecule has 0 spiro atoms. The molecule has 27 heavy (non-hydrogen) atoms. The Morgan fingerprint density at radius 1 is 0.667 bits per heavy atom. The monoisotopic (exact) mass is 352 g/mol. The Morgan fingerprint density at radius 3 is 2.04 bits per heavy atom. The fraction of sp³-hybridized carbons (Fsp3) is 0. The molecule has 5 heteroatoms. The molecular formula is C22H13FN4. The standard InChI is InChI=1S/C22H13FN4/c23-19-12-5-4-11-18(19)22-26-20(16-8-2-1-3-9-16)25-21(27-22)17-10-6-7-15(13-17)14-24/h1-13H. The first kappa shape index (κ1) is 16.6. The quantitative estimate of drug-likeness (QED) is 0.527. The van der Waals surface area contributed by atoms with E-state index in [0.29, 0.717) is 28.3 Å². The SMILES string of the molecule is N#Cc1cccc(-c2nc(-c3ccccc3)nc(-c3ccccc3F)n2)c1. The number of rotatable bonds is 3. The van der Waals surface area contributed by atoms with Crippen LogP contribution in [0.1, 0.15) is 5.56 Å². The molecule has 4 aromatic rings. The molecule has 0 aliphatic heterocycles. The minimum absolute atomic E-state index is 0.249. The molecule has 0 fully saturated rings. The van der Waals surface area contributed by atoms with Crippen LogP contribution in [0.5, 0.6) is 0 Å². The number of benzene rings is 3. The first-order valence-electron chi connectivity index (χ1n) is 8.31. The lowest BCUT2D eigenvalue weighted by Gasteiger charge is -2.09. The summed E-state index contributed by atoms with van der Waals surface area (Å²) in [6, 6.07) is 24.9. The van der Waals surface area contributed by atoms with E-state index in [1.807, 2.05) is 36.4 Å². The molecule has 1 heterocycles. The smallest absolute Gasteiger partial charge is 0.167 e. The summed E-state index contributed by atoms with van der Waals surface area (Å²) in [6.07, 6.45) is 0. The van der Waals surface area contributed by atoms with Gasteiger partial charge in [0.1, 0.15) is 5.82 Å². The number of aromatic nitrogens is 3. The summed E-state index contributed by atoms with van der Waals surface area (Å²) in [4.78, 5) is 13.5. The predicted octanol–water partition coefficient (Wildman–Crippen LogP) is 4.88. The summed E-state index contributed by atoms with van der Waals surface area (Å²) in [6.45, 7) is 0. The predicted molar refractivity (Wildman–Crippen MR) is 101 cm³/mol. The minimum atomic E-state index is -0.403. The van der Waals surface area contributed by atoms with Crippen molar-refractivity contribution in [3.8, 4) is 40.2 Å². The molecule has 4 rings (SSSR count). The maximum Gasteiger partial charge on any atom is 0.167 e. The average molecular weight is 352 g/mol. The lowest BCUT2D eigenvalue weighted by Crippen LogP contribution is -2.01. The van der Waals surface area contributed by atoms with Gasteiger partial charge in [-0.3, -0.25) is 0 Å². The first-order valence-corrected chi connectivity index (χ1v) is 8.31. The molecule has 4 nitrogen and oxygen atoms in total. The van der Waals surface area contributed by atoms with Crippen molar-refractivity contribution >= 4 is 0 Å². The fourth-order valence-electron chi connectivity index (χ4n) is 2.71. The second-order valence-corrected chi connectivity index (χ2v) is 5.84. The number of nitrogens with zero attached hydrogens (tertiary/aromatic N) is 4. The first-order chi connectivity index (χ1) is 13.2. The van der Waals surface area contributed by atoms with Crippen LogP contribution in [0.4, 0.5) is 4.39 Å². The van der Waals surface area contributed by atoms with Crippen LogP contribution in [-0.4, -0.2) is 15.0 Å². The lowest BCUT2D eigenvalue weighted by molar-refractivity contribution is 0.630. The van der Waals surface area contributed by atoms with E-state index < -0.39 is 5.82 Å². The van der Waals surface area contributed by atoms with Crippen molar-refractivity contribution in [2.75, 3.05) is 0 Å². The van der Waals surface area contributed by atoms with Gasteiger partial charge in [-0.15, -0.1) is 0 Å². The van der Waals surface area contributed by atoms with Crippen molar-refractivity contribution in [2.45, 2.75) is 0 Å². The van der Waals surface area contributed by atoms with Crippen LogP contribution >= 0.6 is 0 Å². The molecular weight excluding hydrogens is 339 g/mol. The molecule has 0 amide bonds. The van der Waals surface area contributed by atoms with Crippen LogP contribution < -0.4 is 0 Å². The summed E-state index contributed by atoms with van der Waals surface area (Å²) < 4.78 is 14.3. The Hall–Kier alpha value is -3.91. The van der Waals surface area contributed by atoms with E-state index in [0.717, 1.165) is 5.56 Å². The van der Waals surface area contributed by atoms with Crippen LogP contribution in [-0.2, 0) is 0 Å². The summed E-state index contributed by atoms with van der Waals surface area (Å²) in [7, 11) is 0. The molecule has 128 valence electrons. The lowest BCUT2D eigenvalue weighted by atomic mass is 10.1. The Kier molecular flexibility index (Phi) is 4.38. The van der Waals surface area contributed by atoms with Crippen molar-refractivity contribution in [1.82, 2.24) is 15.0 Å². The van der Waals surface area contributed by atoms with Gasteiger partial charge < -0.3 is 0 Å². The van der Waals surface area contributed by atoms with Gasteiger partial charge in [0.05, 0.1) is 17.2 Å². The maximum absolute atomic E-state index is 14.3. The van der Waals surface area contributed by atoms with E-state index >= 15 is 0 Å². The molecule has 0 aliphatic carbocycles. The number of halogens is 1. The average Bonchev–Trinajstić information content (AvgIpc) is 2.74. The maximum atomic E-state index is 14.3. The van der Waals surface area contributed by atoms with E-state index in [-0.39, 0.29) is 5.82 Å². The van der Waals surface area contributed by atoms with Gasteiger partial charge in [0.15, 0.2) is 17.5 Å². The number of nitriles is 1. The van der Waals surface area contributed by atoms with E-state index in [1.165, 1.54) is 6.07 Å². The van der Waals surface area contributed by atoms with Gasteiger partial charge in [0.2, 0.25) is 0 Å². The van der Waals surface area contributed by atoms with Gasteiger partial charge in [-0.25, -0.2) is 19.3 Å². The summed E-state index contributed by atoms with van der Waals surface area (Å²) in [5, 5.41) is 9.16. The van der Waals surface area contributed by atoms with Crippen LogP contribution in [0.25, 0.3) is 34.2 Å². The van der Waals surface area contributed by atoms with E-state index in [9.17, 15) is 4.39 Å². The third-order valence-electron chi connectivity index (χ3n) is 4.03. The summed E-state index contributed by atoms with van der Waals surface area (Å²) >= 11 is 0. The Labute approximate surface area is 155 Å². The molecule has 1 aromatic heterocycles.